The number of H-pyrrole nitrogens is 1. The zero-order valence-electron chi connectivity index (χ0n) is 15.1. The minimum Gasteiger partial charge on any atom is -0.358 e. The van der Waals surface area contributed by atoms with E-state index in [1.165, 1.54) is 5.69 Å². The Kier molecular flexibility index (Phi) is 4.00. The second-order valence-corrected chi connectivity index (χ2v) is 7.15. The summed E-state index contributed by atoms with van der Waals surface area (Å²) in [5.41, 5.74) is 4.15. The Morgan fingerprint density at radius 3 is 2.80 bits per heavy atom. The first kappa shape index (κ1) is 16.2. The van der Waals surface area contributed by atoms with E-state index in [0.29, 0.717) is 6.04 Å². The number of rotatable bonds is 4. The first-order chi connectivity index (χ1) is 12.1. The van der Waals surface area contributed by atoms with Crippen molar-refractivity contribution in [2.24, 2.45) is 7.05 Å². The van der Waals surface area contributed by atoms with Gasteiger partial charge in [-0.05, 0) is 51.4 Å². The van der Waals surface area contributed by atoms with Gasteiger partial charge in [0.2, 0.25) is 0 Å². The van der Waals surface area contributed by atoms with E-state index in [0.717, 1.165) is 41.5 Å². The molecule has 0 saturated carbocycles. The smallest absolute Gasteiger partial charge is 0.182 e. The van der Waals surface area contributed by atoms with Crippen LogP contribution in [0.3, 0.4) is 0 Å². The number of aromatic amines is 1. The molecule has 1 aromatic carbocycles. The summed E-state index contributed by atoms with van der Waals surface area (Å²) in [4.78, 5) is 19.1. The highest BCUT2D eigenvalue weighted by atomic mass is 16.1. The van der Waals surface area contributed by atoms with Gasteiger partial charge in [0.1, 0.15) is 0 Å². The number of nitrogens with zero attached hydrogens (tertiary/aromatic N) is 2. The third-order valence-corrected chi connectivity index (χ3v) is 5.64. The first-order valence-electron chi connectivity index (χ1n) is 9.06. The quantitative estimate of drug-likeness (QED) is 0.725. The van der Waals surface area contributed by atoms with E-state index >= 15 is 0 Å². The average Bonchev–Trinajstić information content (AvgIpc) is 3.30. The lowest BCUT2D eigenvalue weighted by Gasteiger charge is -2.30. The minimum absolute atomic E-state index is 0.125. The molecule has 3 aromatic rings. The molecule has 0 radical (unpaired) electrons. The van der Waals surface area contributed by atoms with Gasteiger partial charge in [0, 0.05) is 41.1 Å². The maximum absolute atomic E-state index is 13.4. The molecule has 1 fully saturated rings. The van der Waals surface area contributed by atoms with Crippen molar-refractivity contribution in [3.05, 3.63) is 59.5 Å². The lowest BCUT2D eigenvalue weighted by molar-refractivity contribution is 0.0817. The number of carbonyl (C=O) groups is 1. The van der Waals surface area contributed by atoms with Crippen molar-refractivity contribution >= 4 is 16.7 Å². The van der Waals surface area contributed by atoms with Gasteiger partial charge in [-0.1, -0.05) is 18.2 Å². The van der Waals surface area contributed by atoms with Crippen molar-refractivity contribution < 1.29 is 4.79 Å². The van der Waals surface area contributed by atoms with Crippen LogP contribution in [-0.2, 0) is 7.05 Å². The van der Waals surface area contributed by atoms with Gasteiger partial charge in [0.15, 0.2) is 5.78 Å². The van der Waals surface area contributed by atoms with Crippen LogP contribution in [0.4, 0.5) is 0 Å². The number of aromatic nitrogens is 2. The van der Waals surface area contributed by atoms with Crippen molar-refractivity contribution in [2.45, 2.75) is 38.8 Å². The first-order valence-corrected chi connectivity index (χ1v) is 9.06. The second-order valence-electron chi connectivity index (χ2n) is 7.15. The Morgan fingerprint density at radius 2 is 2.04 bits per heavy atom. The molecular weight excluding hydrogens is 310 g/mol. The van der Waals surface area contributed by atoms with E-state index in [1.807, 2.05) is 31.2 Å². The molecule has 0 spiro atoms. The predicted octanol–water partition coefficient (Wildman–Crippen LogP) is 4.22. The summed E-state index contributed by atoms with van der Waals surface area (Å²) in [5, 5.41) is 1.03. The SMILES string of the molecule is Cc1[nH]c2ccccc2c1C(=O)[C@H](C)N1CCC[C@@H]1c1cccn1C. The normalized spacial score (nSPS) is 19.6. The summed E-state index contributed by atoms with van der Waals surface area (Å²) in [5.74, 6) is 0.219. The Labute approximate surface area is 148 Å². The molecule has 0 aliphatic carbocycles. The Bertz CT molecular complexity index is 920. The molecule has 1 N–H and O–H groups in total. The van der Waals surface area contributed by atoms with Gasteiger partial charge in [-0.3, -0.25) is 9.69 Å². The van der Waals surface area contributed by atoms with Crippen LogP contribution in [-0.4, -0.2) is 32.8 Å². The van der Waals surface area contributed by atoms with Crippen LogP contribution in [0.25, 0.3) is 10.9 Å². The van der Waals surface area contributed by atoms with Gasteiger partial charge < -0.3 is 9.55 Å². The Morgan fingerprint density at radius 1 is 1.24 bits per heavy atom. The molecule has 0 amide bonds. The Balaban J connectivity index is 1.68. The van der Waals surface area contributed by atoms with Crippen LogP contribution >= 0.6 is 0 Å². The van der Waals surface area contributed by atoms with Crippen LogP contribution in [0, 0.1) is 6.92 Å². The van der Waals surface area contributed by atoms with E-state index < -0.39 is 0 Å². The van der Waals surface area contributed by atoms with Gasteiger partial charge in [-0.2, -0.15) is 0 Å². The van der Waals surface area contributed by atoms with Gasteiger partial charge in [0.25, 0.3) is 0 Å². The molecule has 1 aliphatic rings. The third kappa shape index (κ3) is 2.61. The largest absolute Gasteiger partial charge is 0.358 e. The summed E-state index contributed by atoms with van der Waals surface area (Å²) in [6, 6.07) is 12.5. The summed E-state index contributed by atoms with van der Waals surface area (Å²) in [6.45, 7) is 5.04. The van der Waals surface area contributed by atoms with Gasteiger partial charge in [-0.25, -0.2) is 0 Å². The van der Waals surface area contributed by atoms with Crippen molar-refractivity contribution in [1.29, 1.82) is 0 Å². The summed E-state index contributed by atoms with van der Waals surface area (Å²) < 4.78 is 2.18. The highest BCUT2D eigenvalue weighted by molar-refractivity contribution is 6.11. The molecule has 2 aromatic heterocycles. The topological polar surface area (TPSA) is 41.0 Å². The number of likely N-dealkylation sites (tertiary alicyclic amines) is 1. The molecule has 1 aliphatic heterocycles. The number of fused-ring (bicyclic) bond motifs is 1. The Hall–Kier alpha value is -2.33. The van der Waals surface area contributed by atoms with E-state index in [9.17, 15) is 4.79 Å². The lowest BCUT2D eigenvalue weighted by atomic mass is 10.00. The molecule has 0 bridgehead atoms. The van der Waals surface area contributed by atoms with Crippen LogP contribution in [0.15, 0.2) is 42.6 Å². The van der Waals surface area contributed by atoms with Gasteiger partial charge in [0.05, 0.1) is 12.1 Å². The monoisotopic (exact) mass is 335 g/mol. The number of benzene rings is 1. The third-order valence-electron chi connectivity index (χ3n) is 5.64. The molecular formula is C21H25N3O. The van der Waals surface area contributed by atoms with Crippen molar-refractivity contribution in [3.8, 4) is 0 Å². The predicted molar refractivity (Wildman–Crippen MR) is 101 cm³/mol. The summed E-state index contributed by atoms with van der Waals surface area (Å²) in [7, 11) is 2.09. The standard InChI is InChI=1S/C21H25N3O/c1-14-20(16-8-4-5-9-17(16)22-14)21(25)15(2)24-13-7-11-19(24)18-10-6-12-23(18)3/h4-6,8-10,12,15,19,22H,7,11,13H2,1-3H3/t15-,19+/m0/s1. The summed E-state index contributed by atoms with van der Waals surface area (Å²) >= 11 is 0. The van der Waals surface area contributed by atoms with E-state index in [4.69, 9.17) is 0 Å². The molecule has 4 nitrogen and oxygen atoms in total. The van der Waals surface area contributed by atoms with Crippen molar-refractivity contribution in [3.63, 3.8) is 0 Å². The van der Waals surface area contributed by atoms with Crippen molar-refractivity contribution in [2.75, 3.05) is 6.54 Å². The zero-order valence-corrected chi connectivity index (χ0v) is 15.1. The van der Waals surface area contributed by atoms with Crippen LogP contribution in [0.1, 0.15) is 47.6 Å². The van der Waals surface area contributed by atoms with Crippen LogP contribution < -0.4 is 0 Å². The molecule has 130 valence electrons. The van der Waals surface area contributed by atoms with Gasteiger partial charge >= 0.3 is 0 Å². The van der Waals surface area contributed by atoms with Crippen LogP contribution in [0.2, 0.25) is 0 Å². The van der Waals surface area contributed by atoms with E-state index in [-0.39, 0.29) is 11.8 Å². The van der Waals surface area contributed by atoms with Crippen LogP contribution in [0.5, 0.6) is 0 Å². The number of hydrogen-bond acceptors (Lipinski definition) is 2. The summed E-state index contributed by atoms with van der Waals surface area (Å²) in [6.07, 6.45) is 4.34. The molecule has 4 heteroatoms. The number of hydrogen-bond donors (Lipinski definition) is 1. The van der Waals surface area contributed by atoms with Crippen molar-refractivity contribution in [1.82, 2.24) is 14.5 Å². The molecule has 4 rings (SSSR count). The van der Waals surface area contributed by atoms with E-state index in [1.54, 1.807) is 0 Å². The molecule has 25 heavy (non-hydrogen) atoms. The molecule has 3 heterocycles. The second kappa shape index (κ2) is 6.19. The molecule has 1 saturated heterocycles. The minimum atomic E-state index is -0.125. The maximum Gasteiger partial charge on any atom is 0.182 e. The fraction of sp³-hybridized carbons (Fsp3) is 0.381. The lowest BCUT2D eigenvalue weighted by Crippen LogP contribution is -2.39. The average molecular weight is 335 g/mol. The van der Waals surface area contributed by atoms with E-state index in [2.05, 4.69) is 46.8 Å². The van der Waals surface area contributed by atoms with Gasteiger partial charge in [-0.15, -0.1) is 0 Å². The molecule has 0 unspecified atom stereocenters. The number of ketones is 1. The fourth-order valence-electron chi connectivity index (χ4n) is 4.34. The number of carbonyl (C=O) groups excluding carboxylic acids is 1. The number of Topliss-reactive ketones (excluding diaryl/α,β-unsaturated/α-hetero) is 1. The zero-order chi connectivity index (χ0) is 17.6. The number of aryl methyl sites for hydroxylation is 2. The fourth-order valence-corrected chi connectivity index (χ4v) is 4.34. The number of nitrogens with one attached hydrogen (secondary N) is 1. The highest BCUT2D eigenvalue weighted by Gasteiger charge is 2.35. The number of para-hydroxylation sites is 1. The molecule has 2 atom stereocenters. The highest BCUT2D eigenvalue weighted by Crippen LogP contribution is 2.35. The maximum atomic E-state index is 13.4.